The first kappa shape index (κ1) is 13.3. The van der Waals surface area contributed by atoms with Crippen molar-refractivity contribution in [1.82, 2.24) is 25.1 Å². The van der Waals surface area contributed by atoms with Crippen molar-refractivity contribution in [2.24, 2.45) is 0 Å². The van der Waals surface area contributed by atoms with Gasteiger partial charge in [0.1, 0.15) is 17.9 Å². The molecule has 6 nitrogen and oxygen atoms in total. The molecule has 2 aromatic rings. The zero-order valence-electron chi connectivity index (χ0n) is 12.1. The molecule has 6 heteroatoms. The number of nitrogens with zero attached hydrogens (tertiary/aromatic N) is 4. The highest BCUT2D eigenvalue weighted by molar-refractivity contribution is 5.03. The second-order valence-corrected chi connectivity index (χ2v) is 5.40. The second kappa shape index (κ2) is 5.75. The molecule has 0 spiro atoms. The fraction of sp³-hybridized carbons (Fsp3) is 0.643. The van der Waals surface area contributed by atoms with E-state index in [2.05, 4.69) is 32.0 Å². The van der Waals surface area contributed by atoms with E-state index in [0.717, 1.165) is 30.3 Å². The van der Waals surface area contributed by atoms with Crippen LogP contribution in [0.1, 0.15) is 55.5 Å². The standard InChI is InChI=1S/C14H21N5O/c1-10(15-8-12-9-20-11(2)16-12)14-18-17-13-6-4-3-5-7-19(13)14/h9-10,15H,3-8H2,1-2H3/t10-/m1/s1. The summed E-state index contributed by atoms with van der Waals surface area (Å²) >= 11 is 0. The number of hydrogen-bond donors (Lipinski definition) is 1. The van der Waals surface area contributed by atoms with Gasteiger partial charge in [-0.2, -0.15) is 0 Å². The van der Waals surface area contributed by atoms with Crippen LogP contribution in [-0.2, 0) is 19.5 Å². The molecule has 0 fully saturated rings. The fourth-order valence-electron chi connectivity index (χ4n) is 2.67. The average molecular weight is 275 g/mol. The number of nitrogens with one attached hydrogen (secondary N) is 1. The zero-order chi connectivity index (χ0) is 13.9. The Kier molecular flexibility index (Phi) is 3.82. The van der Waals surface area contributed by atoms with E-state index >= 15 is 0 Å². The van der Waals surface area contributed by atoms with E-state index in [0.29, 0.717) is 12.4 Å². The molecule has 0 saturated carbocycles. The molecule has 0 amide bonds. The largest absolute Gasteiger partial charge is 0.449 e. The molecular weight excluding hydrogens is 254 g/mol. The third-order valence-corrected chi connectivity index (χ3v) is 3.78. The molecule has 0 saturated heterocycles. The van der Waals surface area contributed by atoms with Crippen molar-refractivity contribution in [3.8, 4) is 0 Å². The summed E-state index contributed by atoms with van der Waals surface area (Å²) < 4.78 is 7.49. The van der Waals surface area contributed by atoms with E-state index < -0.39 is 0 Å². The van der Waals surface area contributed by atoms with Crippen LogP contribution in [0, 0.1) is 6.92 Å². The van der Waals surface area contributed by atoms with Crippen molar-refractivity contribution in [3.05, 3.63) is 29.5 Å². The molecule has 3 rings (SSSR count). The van der Waals surface area contributed by atoms with Crippen molar-refractivity contribution in [1.29, 1.82) is 0 Å². The molecule has 0 unspecified atom stereocenters. The zero-order valence-corrected chi connectivity index (χ0v) is 12.1. The molecule has 1 aliphatic rings. The summed E-state index contributed by atoms with van der Waals surface area (Å²) in [5.74, 6) is 2.86. The number of hydrogen-bond acceptors (Lipinski definition) is 5. The Morgan fingerprint density at radius 1 is 1.35 bits per heavy atom. The molecule has 0 aromatic carbocycles. The molecule has 0 aliphatic carbocycles. The van der Waals surface area contributed by atoms with Crippen LogP contribution < -0.4 is 5.32 Å². The molecule has 1 aliphatic heterocycles. The van der Waals surface area contributed by atoms with Crippen LogP contribution in [-0.4, -0.2) is 19.7 Å². The van der Waals surface area contributed by atoms with Gasteiger partial charge in [0.25, 0.3) is 0 Å². The Morgan fingerprint density at radius 2 is 2.25 bits per heavy atom. The maximum absolute atomic E-state index is 5.21. The lowest BCUT2D eigenvalue weighted by Crippen LogP contribution is -2.22. The van der Waals surface area contributed by atoms with Crippen LogP contribution in [0.5, 0.6) is 0 Å². The molecular formula is C14H21N5O. The minimum atomic E-state index is 0.159. The van der Waals surface area contributed by atoms with Crippen LogP contribution in [0.3, 0.4) is 0 Å². The normalized spacial score (nSPS) is 16.7. The van der Waals surface area contributed by atoms with Gasteiger partial charge in [-0.3, -0.25) is 0 Å². The van der Waals surface area contributed by atoms with E-state index in [4.69, 9.17) is 4.42 Å². The van der Waals surface area contributed by atoms with Crippen LogP contribution >= 0.6 is 0 Å². The highest BCUT2D eigenvalue weighted by Gasteiger charge is 2.19. The second-order valence-electron chi connectivity index (χ2n) is 5.40. The van der Waals surface area contributed by atoms with E-state index in [9.17, 15) is 0 Å². The van der Waals surface area contributed by atoms with E-state index in [1.807, 2.05) is 6.92 Å². The number of aromatic nitrogens is 4. The van der Waals surface area contributed by atoms with Gasteiger partial charge in [-0.15, -0.1) is 10.2 Å². The SMILES string of the molecule is Cc1nc(CN[C@H](C)c2nnc3n2CCCCC3)co1. The lowest BCUT2D eigenvalue weighted by molar-refractivity contribution is 0.496. The van der Waals surface area contributed by atoms with Crippen LogP contribution in [0.4, 0.5) is 0 Å². The molecule has 1 atom stereocenters. The van der Waals surface area contributed by atoms with Crippen molar-refractivity contribution < 1.29 is 4.42 Å². The Bertz CT molecular complexity index is 574. The van der Waals surface area contributed by atoms with Gasteiger partial charge in [0, 0.05) is 26.4 Å². The lowest BCUT2D eigenvalue weighted by Gasteiger charge is -2.14. The van der Waals surface area contributed by atoms with E-state index in [-0.39, 0.29) is 6.04 Å². The third-order valence-electron chi connectivity index (χ3n) is 3.78. The molecule has 1 N–H and O–H groups in total. The van der Waals surface area contributed by atoms with Crippen molar-refractivity contribution in [2.45, 2.75) is 58.7 Å². The maximum atomic E-state index is 5.21. The number of oxazole rings is 1. The molecule has 108 valence electrons. The maximum Gasteiger partial charge on any atom is 0.191 e. The Morgan fingerprint density at radius 3 is 3.05 bits per heavy atom. The minimum absolute atomic E-state index is 0.159. The summed E-state index contributed by atoms with van der Waals surface area (Å²) in [4.78, 5) is 4.29. The monoisotopic (exact) mass is 275 g/mol. The number of aryl methyl sites for hydroxylation is 2. The van der Waals surface area contributed by atoms with Gasteiger partial charge in [0.05, 0.1) is 11.7 Å². The van der Waals surface area contributed by atoms with Crippen LogP contribution in [0.15, 0.2) is 10.7 Å². The van der Waals surface area contributed by atoms with Gasteiger partial charge >= 0.3 is 0 Å². The molecule has 0 radical (unpaired) electrons. The fourth-order valence-corrected chi connectivity index (χ4v) is 2.67. The quantitative estimate of drug-likeness (QED) is 0.926. The highest BCUT2D eigenvalue weighted by Crippen LogP contribution is 2.18. The van der Waals surface area contributed by atoms with Crippen LogP contribution in [0.25, 0.3) is 0 Å². The van der Waals surface area contributed by atoms with Gasteiger partial charge in [-0.25, -0.2) is 4.98 Å². The van der Waals surface area contributed by atoms with Gasteiger partial charge in [-0.05, 0) is 19.8 Å². The van der Waals surface area contributed by atoms with Crippen molar-refractivity contribution >= 4 is 0 Å². The first-order chi connectivity index (χ1) is 9.74. The summed E-state index contributed by atoms with van der Waals surface area (Å²) in [7, 11) is 0. The average Bonchev–Trinajstić information content (AvgIpc) is 2.96. The van der Waals surface area contributed by atoms with Crippen molar-refractivity contribution in [2.75, 3.05) is 0 Å². The topological polar surface area (TPSA) is 68.8 Å². The third kappa shape index (κ3) is 2.75. The van der Waals surface area contributed by atoms with Gasteiger partial charge < -0.3 is 14.3 Å². The predicted molar refractivity (Wildman–Crippen MR) is 74.1 cm³/mol. The van der Waals surface area contributed by atoms with Gasteiger partial charge in [-0.1, -0.05) is 6.42 Å². The summed E-state index contributed by atoms with van der Waals surface area (Å²) in [5.41, 5.74) is 0.921. The molecule has 0 bridgehead atoms. The Balaban J connectivity index is 1.68. The summed E-state index contributed by atoms with van der Waals surface area (Å²) in [6.45, 7) is 5.69. The first-order valence-corrected chi connectivity index (χ1v) is 7.30. The van der Waals surface area contributed by atoms with E-state index in [1.54, 1.807) is 6.26 Å². The molecule has 20 heavy (non-hydrogen) atoms. The number of fused-ring (bicyclic) bond motifs is 1. The molecule has 2 aromatic heterocycles. The minimum Gasteiger partial charge on any atom is -0.449 e. The van der Waals surface area contributed by atoms with Crippen LogP contribution in [0.2, 0.25) is 0 Å². The summed E-state index contributed by atoms with van der Waals surface area (Å²) in [5, 5.41) is 12.1. The van der Waals surface area contributed by atoms with Gasteiger partial charge in [0.2, 0.25) is 0 Å². The molecule has 3 heterocycles. The number of rotatable bonds is 4. The van der Waals surface area contributed by atoms with Crippen molar-refractivity contribution in [3.63, 3.8) is 0 Å². The Labute approximate surface area is 118 Å². The summed E-state index contributed by atoms with van der Waals surface area (Å²) in [6.07, 6.45) is 6.45. The Hall–Kier alpha value is -1.69. The highest BCUT2D eigenvalue weighted by atomic mass is 16.3. The van der Waals surface area contributed by atoms with E-state index in [1.165, 1.54) is 19.3 Å². The smallest absolute Gasteiger partial charge is 0.191 e. The van der Waals surface area contributed by atoms with Gasteiger partial charge in [0.15, 0.2) is 5.89 Å². The first-order valence-electron chi connectivity index (χ1n) is 7.30. The lowest BCUT2D eigenvalue weighted by atomic mass is 10.2. The predicted octanol–water partition coefficient (Wildman–Crippen LogP) is 2.15. The summed E-state index contributed by atoms with van der Waals surface area (Å²) in [6, 6.07) is 0.159.